The molecule has 0 radical (unpaired) electrons. The second kappa shape index (κ2) is 5.10. The smallest absolute Gasteiger partial charge is 0.193 e. The van der Waals surface area contributed by atoms with E-state index < -0.39 is 0 Å². The van der Waals surface area contributed by atoms with E-state index in [2.05, 4.69) is 0 Å². The van der Waals surface area contributed by atoms with Crippen LogP contribution in [-0.4, -0.2) is 18.6 Å². The number of ketones is 1. The molecule has 19 heavy (non-hydrogen) atoms. The van der Waals surface area contributed by atoms with Gasteiger partial charge in [0.15, 0.2) is 5.78 Å². The summed E-state index contributed by atoms with van der Waals surface area (Å²) < 4.78 is 5.46. The Balaban J connectivity index is 1.90. The topological polar surface area (TPSA) is 26.3 Å². The average Bonchev–Trinajstić information content (AvgIpc) is 2.94. The number of carbonyl (C=O) groups is 1. The van der Waals surface area contributed by atoms with Gasteiger partial charge in [-0.2, -0.15) is 0 Å². The van der Waals surface area contributed by atoms with Crippen molar-refractivity contribution in [1.29, 1.82) is 0 Å². The summed E-state index contributed by atoms with van der Waals surface area (Å²) in [5, 5.41) is 0. The highest BCUT2D eigenvalue weighted by atomic mass is 32.2. The lowest BCUT2D eigenvalue weighted by Crippen LogP contribution is -2.01. The molecule has 96 valence electrons. The molecule has 0 bridgehead atoms. The molecule has 0 saturated carbocycles. The minimum absolute atomic E-state index is 0.0716. The van der Waals surface area contributed by atoms with Gasteiger partial charge < -0.3 is 4.74 Å². The van der Waals surface area contributed by atoms with Gasteiger partial charge in [-0.1, -0.05) is 0 Å². The maximum atomic E-state index is 12.4. The van der Waals surface area contributed by atoms with Gasteiger partial charge in [0.2, 0.25) is 0 Å². The quantitative estimate of drug-likeness (QED) is 0.630. The zero-order valence-electron chi connectivity index (χ0n) is 10.7. The van der Waals surface area contributed by atoms with Crippen LogP contribution in [0.15, 0.2) is 47.4 Å². The van der Waals surface area contributed by atoms with E-state index in [1.807, 2.05) is 48.7 Å². The van der Waals surface area contributed by atoms with Gasteiger partial charge >= 0.3 is 0 Å². The molecule has 2 aromatic rings. The Kier molecular flexibility index (Phi) is 3.30. The Morgan fingerprint density at radius 2 is 1.84 bits per heavy atom. The van der Waals surface area contributed by atoms with Crippen molar-refractivity contribution in [3.05, 3.63) is 59.2 Å². The van der Waals surface area contributed by atoms with E-state index >= 15 is 0 Å². The summed E-state index contributed by atoms with van der Waals surface area (Å²) in [6.45, 7) is 0.718. The third kappa shape index (κ3) is 2.38. The Labute approximate surface area is 116 Å². The fraction of sp³-hybridized carbons (Fsp3) is 0.188. The maximum Gasteiger partial charge on any atom is 0.193 e. The summed E-state index contributed by atoms with van der Waals surface area (Å²) in [7, 11) is 0. The van der Waals surface area contributed by atoms with Gasteiger partial charge in [-0.15, -0.1) is 11.8 Å². The minimum Gasteiger partial charge on any atom is -0.493 e. The van der Waals surface area contributed by atoms with Crippen molar-refractivity contribution in [2.45, 2.75) is 11.3 Å². The van der Waals surface area contributed by atoms with Crippen LogP contribution in [0.4, 0.5) is 0 Å². The monoisotopic (exact) mass is 270 g/mol. The van der Waals surface area contributed by atoms with Crippen molar-refractivity contribution in [3.8, 4) is 5.75 Å². The van der Waals surface area contributed by atoms with Gasteiger partial charge in [0.05, 0.1) is 6.61 Å². The van der Waals surface area contributed by atoms with E-state index in [0.29, 0.717) is 0 Å². The zero-order chi connectivity index (χ0) is 13.2. The molecular formula is C16H14O2S. The van der Waals surface area contributed by atoms with E-state index in [0.717, 1.165) is 35.5 Å². The molecule has 1 aliphatic rings. The highest BCUT2D eigenvalue weighted by molar-refractivity contribution is 7.98. The summed E-state index contributed by atoms with van der Waals surface area (Å²) in [5.74, 6) is 0.983. The first-order chi connectivity index (χ1) is 9.28. The van der Waals surface area contributed by atoms with Crippen LogP contribution in [0, 0.1) is 0 Å². The summed E-state index contributed by atoms with van der Waals surface area (Å²) in [4.78, 5) is 13.6. The lowest BCUT2D eigenvalue weighted by Gasteiger charge is -2.04. The van der Waals surface area contributed by atoms with Crippen LogP contribution in [0.25, 0.3) is 0 Å². The predicted octanol–water partition coefficient (Wildman–Crippen LogP) is 3.57. The van der Waals surface area contributed by atoms with Gasteiger partial charge in [-0.05, 0) is 54.3 Å². The van der Waals surface area contributed by atoms with Crippen molar-refractivity contribution in [3.63, 3.8) is 0 Å². The first kappa shape index (κ1) is 12.3. The summed E-state index contributed by atoms with van der Waals surface area (Å²) >= 11 is 1.67. The van der Waals surface area contributed by atoms with Gasteiger partial charge in [0.25, 0.3) is 0 Å². The van der Waals surface area contributed by atoms with Gasteiger partial charge in [0, 0.05) is 22.4 Å². The zero-order valence-corrected chi connectivity index (χ0v) is 11.5. The van der Waals surface area contributed by atoms with Gasteiger partial charge in [-0.25, -0.2) is 0 Å². The number of ether oxygens (including phenoxy) is 1. The van der Waals surface area contributed by atoms with Crippen molar-refractivity contribution in [1.82, 2.24) is 0 Å². The molecule has 0 aliphatic carbocycles. The highest BCUT2D eigenvalue weighted by Crippen LogP contribution is 2.27. The van der Waals surface area contributed by atoms with Crippen molar-refractivity contribution in [2.75, 3.05) is 12.9 Å². The number of hydrogen-bond acceptors (Lipinski definition) is 3. The van der Waals surface area contributed by atoms with Crippen LogP contribution < -0.4 is 4.74 Å². The van der Waals surface area contributed by atoms with E-state index in [1.165, 1.54) is 4.90 Å². The highest BCUT2D eigenvalue weighted by Gasteiger charge is 2.15. The van der Waals surface area contributed by atoms with E-state index in [9.17, 15) is 4.79 Å². The Bertz CT molecular complexity index is 617. The molecule has 0 aromatic heterocycles. The molecule has 2 aromatic carbocycles. The van der Waals surface area contributed by atoms with Crippen LogP contribution in [-0.2, 0) is 6.42 Å². The Morgan fingerprint density at radius 1 is 1.11 bits per heavy atom. The largest absolute Gasteiger partial charge is 0.493 e. The number of thioether (sulfide) groups is 1. The maximum absolute atomic E-state index is 12.4. The average molecular weight is 270 g/mol. The summed E-state index contributed by atoms with van der Waals surface area (Å²) in [5.41, 5.74) is 2.60. The first-order valence-corrected chi connectivity index (χ1v) is 7.45. The lowest BCUT2D eigenvalue weighted by atomic mass is 10.0. The Morgan fingerprint density at radius 3 is 2.58 bits per heavy atom. The van der Waals surface area contributed by atoms with Crippen molar-refractivity contribution < 1.29 is 9.53 Å². The number of fused-ring (bicyclic) bond motifs is 1. The lowest BCUT2D eigenvalue weighted by molar-refractivity contribution is 0.103. The molecule has 3 rings (SSSR count). The summed E-state index contributed by atoms with van der Waals surface area (Å²) in [6.07, 6.45) is 2.92. The molecule has 0 N–H and O–H groups in total. The van der Waals surface area contributed by atoms with Crippen molar-refractivity contribution >= 4 is 17.5 Å². The molecule has 3 heteroatoms. The normalized spacial score (nSPS) is 12.9. The first-order valence-electron chi connectivity index (χ1n) is 6.22. The predicted molar refractivity (Wildman–Crippen MR) is 77.3 cm³/mol. The molecule has 0 amide bonds. The minimum atomic E-state index is 0.0716. The van der Waals surface area contributed by atoms with Crippen LogP contribution in [0.2, 0.25) is 0 Å². The SMILES string of the molecule is CSc1ccc(C(=O)c2ccc3c(c2)CCO3)cc1. The van der Waals surface area contributed by atoms with E-state index in [4.69, 9.17) is 4.74 Å². The van der Waals surface area contributed by atoms with Crippen molar-refractivity contribution in [2.24, 2.45) is 0 Å². The second-order valence-electron chi connectivity index (χ2n) is 4.48. The number of rotatable bonds is 3. The van der Waals surface area contributed by atoms with Gasteiger partial charge in [-0.3, -0.25) is 4.79 Å². The molecule has 2 nitrogen and oxygen atoms in total. The van der Waals surface area contributed by atoms with Crippen LogP contribution >= 0.6 is 11.8 Å². The number of benzene rings is 2. The van der Waals surface area contributed by atoms with E-state index in [1.54, 1.807) is 11.8 Å². The molecule has 0 atom stereocenters. The third-order valence-electron chi connectivity index (χ3n) is 3.30. The van der Waals surface area contributed by atoms with E-state index in [-0.39, 0.29) is 5.78 Å². The van der Waals surface area contributed by atoms with Crippen LogP contribution in [0.1, 0.15) is 21.5 Å². The second-order valence-corrected chi connectivity index (χ2v) is 5.36. The molecule has 1 heterocycles. The molecule has 0 spiro atoms. The fourth-order valence-electron chi connectivity index (χ4n) is 2.24. The molecular weight excluding hydrogens is 256 g/mol. The fourth-order valence-corrected chi connectivity index (χ4v) is 2.65. The van der Waals surface area contributed by atoms with Crippen LogP contribution in [0.3, 0.4) is 0 Å². The number of hydrogen-bond donors (Lipinski definition) is 0. The third-order valence-corrected chi connectivity index (χ3v) is 4.05. The van der Waals surface area contributed by atoms with Crippen LogP contribution in [0.5, 0.6) is 5.75 Å². The Hall–Kier alpha value is -1.74. The molecule has 0 fully saturated rings. The number of carbonyl (C=O) groups excluding carboxylic acids is 1. The molecule has 0 unspecified atom stereocenters. The standard InChI is InChI=1S/C16H14O2S/c1-19-14-5-2-11(3-6-14)16(17)13-4-7-15-12(10-13)8-9-18-15/h2-7,10H,8-9H2,1H3. The summed E-state index contributed by atoms with van der Waals surface area (Å²) in [6, 6.07) is 13.4. The van der Waals surface area contributed by atoms with Gasteiger partial charge in [0.1, 0.15) is 5.75 Å². The molecule has 1 aliphatic heterocycles. The molecule has 0 saturated heterocycles.